The molecule has 0 aliphatic carbocycles. The molecule has 2 N–H and O–H groups in total. The quantitative estimate of drug-likeness (QED) is 0.620. The van der Waals surface area contributed by atoms with Crippen molar-refractivity contribution in [2.75, 3.05) is 19.8 Å². The fourth-order valence-corrected chi connectivity index (χ4v) is 2.10. The Hall–Kier alpha value is -1.04. The van der Waals surface area contributed by atoms with Gasteiger partial charge in [0.1, 0.15) is 6.61 Å². The molecule has 0 fully saturated rings. The number of hydrogen-bond acceptors (Lipinski definition) is 4. The summed E-state index contributed by atoms with van der Waals surface area (Å²) >= 11 is 0. The third-order valence-electron chi connectivity index (χ3n) is 2.83. The molecule has 0 saturated heterocycles. The van der Waals surface area contributed by atoms with Crippen molar-refractivity contribution in [3.05, 3.63) is 35.0 Å². The van der Waals surface area contributed by atoms with E-state index in [2.05, 4.69) is 0 Å². The van der Waals surface area contributed by atoms with Gasteiger partial charge in [-0.3, -0.25) is 0 Å². The topological polar surface area (TPSA) is 53.7 Å². The molecule has 0 amide bonds. The first-order valence-electron chi connectivity index (χ1n) is 5.08. The van der Waals surface area contributed by atoms with Crippen molar-refractivity contribution in [1.82, 2.24) is 0 Å². The lowest BCUT2D eigenvalue weighted by molar-refractivity contribution is 0.183. The van der Waals surface area contributed by atoms with Crippen LogP contribution in [0.5, 0.6) is 0 Å². The van der Waals surface area contributed by atoms with Crippen molar-refractivity contribution in [3.8, 4) is 0 Å². The SMILES string of the molecule is NCC1C=C2C=COCC3=C2B(OC3)O1. The Morgan fingerprint density at radius 3 is 3.27 bits per heavy atom. The fourth-order valence-electron chi connectivity index (χ4n) is 2.10. The third-order valence-corrected chi connectivity index (χ3v) is 2.83. The van der Waals surface area contributed by atoms with Crippen LogP contribution < -0.4 is 5.73 Å². The van der Waals surface area contributed by atoms with Crippen molar-refractivity contribution in [2.24, 2.45) is 5.73 Å². The van der Waals surface area contributed by atoms with Crippen LogP contribution in [0.2, 0.25) is 0 Å². The molecule has 3 aliphatic rings. The lowest BCUT2D eigenvalue weighted by Gasteiger charge is -2.23. The highest BCUT2D eigenvalue weighted by molar-refractivity contribution is 6.57. The average Bonchev–Trinajstić information content (AvgIpc) is 2.55. The molecule has 0 saturated carbocycles. The maximum Gasteiger partial charge on any atom is 0.495 e. The minimum Gasteiger partial charge on any atom is -0.497 e. The van der Waals surface area contributed by atoms with Gasteiger partial charge in [0.2, 0.25) is 0 Å². The first-order chi connectivity index (χ1) is 7.38. The van der Waals surface area contributed by atoms with E-state index in [0.29, 0.717) is 19.8 Å². The Bertz CT molecular complexity index is 375. The van der Waals surface area contributed by atoms with Crippen molar-refractivity contribution in [2.45, 2.75) is 6.10 Å². The van der Waals surface area contributed by atoms with Gasteiger partial charge in [-0.15, -0.1) is 0 Å². The second kappa shape index (κ2) is 3.52. The van der Waals surface area contributed by atoms with Gasteiger partial charge in [0, 0.05) is 6.54 Å². The van der Waals surface area contributed by atoms with Gasteiger partial charge in [-0.1, -0.05) is 0 Å². The molecule has 15 heavy (non-hydrogen) atoms. The van der Waals surface area contributed by atoms with E-state index in [1.807, 2.05) is 12.2 Å². The van der Waals surface area contributed by atoms with Crippen molar-refractivity contribution < 1.29 is 14.0 Å². The van der Waals surface area contributed by atoms with E-state index < -0.39 is 0 Å². The van der Waals surface area contributed by atoms with Gasteiger partial charge in [-0.2, -0.15) is 0 Å². The Balaban J connectivity index is 2.05. The molecule has 3 rings (SSSR count). The lowest BCUT2D eigenvalue weighted by Crippen LogP contribution is -2.36. The standard InChI is InChI=1S/C10H12BNO3/c12-4-9-3-7-1-2-13-5-8-6-14-11(15-9)10(7)8/h1-3,9H,4-6,12H2. The normalized spacial score (nSPS) is 28.5. The molecule has 1 atom stereocenters. The summed E-state index contributed by atoms with van der Waals surface area (Å²) in [6, 6.07) is 0. The highest BCUT2D eigenvalue weighted by Gasteiger charge is 2.40. The molecular weight excluding hydrogens is 193 g/mol. The van der Waals surface area contributed by atoms with E-state index in [9.17, 15) is 0 Å². The molecule has 3 heterocycles. The minimum absolute atomic E-state index is 0.0594. The van der Waals surface area contributed by atoms with Crippen LogP contribution >= 0.6 is 0 Å². The molecule has 1 unspecified atom stereocenters. The van der Waals surface area contributed by atoms with E-state index in [1.165, 1.54) is 5.57 Å². The summed E-state index contributed by atoms with van der Waals surface area (Å²) in [5.74, 6) is 0. The zero-order valence-electron chi connectivity index (χ0n) is 8.31. The maximum atomic E-state index is 5.68. The number of rotatable bonds is 1. The van der Waals surface area contributed by atoms with Gasteiger partial charge < -0.3 is 19.8 Å². The zero-order valence-corrected chi connectivity index (χ0v) is 8.31. The summed E-state index contributed by atoms with van der Waals surface area (Å²) in [5.41, 5.74) is 9.04. The molecule has 5 heteroatoms. The summed E-state index contributed by atoms with van der Waals surface area (Å²) in [4.78, 5) is 0. The van der Waals surface area contributed by atoms with Crippen LogP contribution in [-0.4, -0.2) is 33.0 Å². The van der Waals surface area contributed by atoms with Crippen LogP contribution in [0.4, 0.5) is 0 Å². The molecule has 3 aliphatic heterocycles. The number of allylic oxidation sites excluding steroid dienone is 3. The van der Waals surface area contributed by atoms with Gasteiger partial charge in [0.25, 0.3) is 0 Å². The predicted molar refractivity (Wildman–Crippen MR) is 55.8 cm³/mol. The fraction of sp³-hybridized carbons (Fsp3) is 0.400. The molecule has 0 spiro atoms. The zero-order chi connectivity index (χ0) is 10.3. The maximum absolute atomic E-state index is 5.68. The molecule has 0 aromatic heterocycles. The summed E-state index contributed by atoms with van der Waals surface area (Å²) in [6.45, 7) is 1.66. The summed E-state index contributed by atoms with van der Waals surface area (Å²) in [5, 5.41) is 0. The summed E-state index contributed by atoms with van der Waals surface area (Å²) in [7, 11) is -0.250. The summed E-state index contributed by atoms with van der Waals surface area (Å²) < 4.78 is 16.6. The Morgan fingerprint density at radius 2 is 2.40 bits per heavy atom. The Kier molecular flexibility index (Phi) is 2.16. The van der Waals surface area contributed by atoms with Gasteiger partial charge in [0.15, 0.2) is 0 Å². The molecule has 0 radical (unpaired) electrons. The largest absolute Gasteiger partial charge is 0.497 e. The Morgan fingerprint density at radius 1 is 1.47 bits per heavy atom. The van der Waals surface area contributed by atoms with E-state index in [1.54, 1.807) is 6.26 Å². The second-order valence-electron chi connectivity index (χ2n) is 3.81. The van der Waals surface area contributed by atoms with Crippen LogP contribution in [0, 0.1) is 0 Å². The molecule has 4 nitrogen and oxygen atoms in total. The molecule has 0 aromatic rings. The highest BCUT2D eigenvalue weighted by Crippen LogP contribution is 2.33. The molecular formula is C10H12BNO3. The monoisotopic (exact) mass is 205 g/mol. The van der Waals surface area contributed by atoms with Crippen LogP contribution in [0.3, 0.4) is 0 Å². The minimum atomic E-state index is -0.250. The number of ether oxygens (including phenoxy) is 1. The van der Waals surface area contributed by atoms with Crippen LogP contribution in [0.1, 0.15) is 0 Å². The first-order valence-corrected chi connectivity index (χ1v) is 5.08. The van der Waals surface area contributed by atoms with Gasteiger partial charge in [-0.25, -0.2) is 0 Å². The number of nitrogens with two attached hydrogens (primary N) is 1. The lowest BCUT2D eigenvalue weighted by atomic mass is 9.71. The van der Waals surface area contributed by atoms with E-state index in [-0.39, 0.29) is 13.2 Å². The van der Waals surface area contributed by atoms with E-state index in [0.717, 1.165) is 11.0 Å². The van der Waals surface area contributed by atoms with Crippen LogP contribution in [0.15, 0.2) is 35.0 Å². The van der Waals surface area contributed by atoms with Gasteiger partial charge >= 0.3 is 7.12 Å². The van der Waals surface area contributed by atoms with Crippen LogP contribution in [0.25, 0.3) is 0 Å². The molecule has 0 bridgehead atoms. The van der Waals surface area contributed by atoms with Crippen LogP contribution in [-0.2, 0) is 14.0 Å². The van der Waals surface area contributed by atoms with Gasteiger partial charge in [-0.05, 0) is 28.8 Å². The highest BCUT2D eigenvalue weighted by atomic mass is 16.6. The second-order valence-corrected chi connectivity index (χ2v) is 3.81. The van der Waals surface area contributed by atoms with Crippen molar-refractivity contribution >= 4 is 7.12 Å². The van der Waals surface area contributed by atoms with Crippen molar-refractivity contribution in [1.29, 1.82) is 0 Å². The molecule has 78 valence electrons. The van der Waals surface area contributed by atoms with Crippen molar-refractivity contribution in [3.63, 3.8) is 0 Å². The van der Waals surface area contributed by atoms with Gasteiger partial charge in [0.05, 0.1) is 19.0 Å². The predicted octanol–water partition coefficient (Wildman–Crippen LogP) is 0.168. The average molecular weight is 205 g/mol. The number of hydrogen-bond donors (Lipinski definition) is 1. The smallest absolute Gasteiger partial charge is 0.495 e. The third kappa shape index (κ3) is 1.43. The van der Waals surface area contributed by atoms with E-state index >= 15 is 0 Å². The van der Waals surface area contributed by atoms with E-state index in [4.69, 9.17) is 19.8 Å². The summed E-state index contributed by atoms with van der Waals surface area (Å²) in [6.07, 6.45) is 5.65. The Labute approximate surface area is 88.5 Å². The molecule has 0 aromatic carbocycles. The first kappa shape index (κ1) is 9.21.